The molecule has 0 saturated heterocycles. The van der Waals surface area contributed by atoms with Gasteiger partial charge in [-0.05, 0) is 11.4 Å². The Bertz CT molecular complexity index is 771. The summed E-state index contributed by atoms with van der Waals surface area (Å²) in [6.45, 7) is 0. The highest BCUT2D eigenvalue weighted by molar-refractivity contribution is 7.98. The van der Waals surface area contributed by atoms with Crippen LogP contribution in [0.4, 0.5) is 5.69 Å². The second-order valence-electron chi connectivity index (χ2n) is 4.50. The number of H-pyrrole nitrogens is 1. The Morgan fingerprint density at radius 1 is 1.27 bits per heavy atom. The average Bonchev–Trinajstić information content (AvgIpc) is 3.18. The Morgan fingerprint density at radius 3 is 2.91 bits per heavy atom. The molecule has 0 unspecified atom stereocenters. The number of hydrogen-bond donors (Lipinski definition) is 1. The van der Waals surface area contributed by atoms with E-state index in [1.165, 1.54) is 22.7 Å². The topological polar surface area (TPSA) is 84.7 Å². The Labute approximate surface area is 134 Å². The molecule has 0 spiro atoms. The zero-order valence-electron chi connectivity index (χ0n) is 11.4. The molecule has 1 aromatic carbocycles. The van der Waals surface area contributed by atoms with Crippen LogP contribution < -0.4 is 0 Å². The largest absolute Gasteiger partial charge is 0.273 e. The first-order valence-corrected chi connectivity index (χ1v) is 8.37. The molecule has 22 heavy (non-hydrogen) atoms. The highest BCUT2D eigenvalue weighted by Crippen LogP contribution is 2.26. The van der Waals surface area contributed by atoms with Crippen LogP contribution in [0.2, 0.25) is 0 Å². The summed E-state index contributed by atoms with van der Waals surface area (Å²) >= 11 is 3.06. The summed E-state index contributed by atoms with van der Waals surface area (Å²) in [6.07, 6.45) is 0.719. The molecule has 0 aliphatic carbocycles. The fourth-order valence-electron chi connectivity index (χ4n) is 1.95. The molecule has 112 valence electrons. The minimum absolute atomic E-state index is 0.129. The number of aromatic amines is 1. The minimum atomic E-state index is -0.365. The third kappa shape index (κ3) is 3.52. The molecule has 6 nitrogen and oxygen atoms in total. The predicted octanol–water partition coefficient (Wildman–Crippen LogP) is 3.66. The zero-order valence-corrected chi connectivity index (χ0v) is 13.1. The van der Waals surface area contributed by atoms with Crippen LogP contribution in [0.3, 0.4) is 0 Å². The highest BCUT2D eigenvalue weighted by Gasteiger charge is 2.13. The third-order valence-electron chi connectivity index (χ3n) is 2.98. The van der Waals surface area contributed by atoms with Gasteiger partial charge in [0.05, 0.1) is 4.92 Å². The lowest BCUT2D eigenvalue weighted by atomic mass is 10.2. The standard InChI is InChI=1S/C14H12N4O2S2/c19-18(20)12-6-2-1-4-10(12)9-22-14-15-13(16-17-14)8-11-5-3-7-21-11/h1-7H,8-9H2,(H,15,16,17). The van der Waals surface area contributed by atoms with Gasteiger partial charge in [-0.15, -0.1) is 16.4 Å². The van der Waals surface area contributed by atoms with E-state index in [9.17, 15) is 10.1 Å². The van der Waals surface area contributed by atoms with Crippen molar-refractivity contribution < 1.29 is 4.92 Å². The first kappa shape index (κ1) is 14.7. The normalized spacial score (nSPS) is 10.7. The van der Waals surface area contributed by atoms with E-state index in [1.807, 2.05) is 17.5 Å². The molecule has 0 aliphatic heterocycles. The first-order valence-electron chi connectivity index (χ1n) is 6.51. The van der Waals surface area contributed by atoms with Gasteiger partial charge < -0.3 is 0 Å². The molecule has 0 aliphatic rings. The van der Waals surface area contributed by atoms with Crippen LogP contribution in [0.15, 0.2) is 46.9 Å². The number of benzene rings is 1. The number of hydrogen-bond acceptors (Lipinski definition) is 6. The maximum atomic E-state index is 11.0. The molecule has 0 atom stereocenters. The second kappa shape index (κ2) is 6.71. The van der Waals surface area contributed by atoms with Gasteiger partial charge in [0.2, 0.25) is 5.16 Å². The van der Waals surface area contributed by atoms with Crippen molar-refractivity contribution in [1.82, 2.24) is 15.2 Å². The van der Waals surface area contributed by atoms with Crippen molar-refractivity contribution in [2.24, 2.45) is 0 Å². The molecule has 3 aromatic rings. The lowest BCUT2D eigenvalue weighted by Crippen LogP contribution is -1.93. The van der Waals surface area contributed by atoms with Gasteiger partial charge >= 0.3 is 0 Å². The number of nitro groups is 1. The average molecular weight is 332 g/mol. The van der Waals surface area contributed by atoms with Gasteiger partial charge in [-0.3, -0.25) is 15.2 Å². The van der Waals surface area contributed by atoms with Gasteiger partial charge in [0.15, 0.2) is 0 Å². The second-order valence-corrected chi connectivity index (χ2v) is 6.47. The SMILES string of the molecule is O=[N+]([O-])c1ccccc1CSc1n[nH]c(Cc2cccs2)n1. The van der Waals surface area contributed by atoms with Crippen LogP contribution in [-0.2, 0) is 12.2 Å². The van der Waals surface area contributed by atoms with Crippen LogP contribution >= 0.6 is 23.1 Å². The number of thioether (sulfide) groups is 1. The number of nitrogens with one attached hydrogen (secondary N) is 1. The highest BCUT2D eigenvalue weighted by atomic mass is 32.2. The Balaban J connectivity index is 1.65. The van der Waals surface area contributed by atoms with Gasteiger partial charge in [0.25, 0.3) is 5.69 Å². The van der Waals surface area contributed by atoms with Crippen LogP contribution in [0.25, 0.3) is 0 Å². The zero-order chi connectivity index (χ0) is 15.4. The lowest BCUT2D eigenvalue weighted by Gasteiger charge is -2.00. The number of aromatic nitrogens is 3. The molecular formula is C14H12N4O2S2. The van der Waals surface area contributed by atoms with Crippen molar-refractivity contribution in [2.75, 3.05) is 0 Å². The van der Waals surface area contributed by atoms with Crippen LogP contribution in [0.1, 0.15) is 16.3 Å². The monoisotopic (exact) mass is 332 g/mol. The fourth-order valence-corrected chi connectivity index (χ4v) is 3.48. The van der Waals surface area contributed by atoms with E-state index < -0.39 is 0 Å². The van der Waals surface area contributed by atoms with Crippen LogP contribution in [0, 0.1) is 10.1 Å². The molecule has 3 rings (SSSR count). The van der Waals surface area contributed by atoms with Crippen molar-refractivity contribution in [3.8, 4) is 0 Å². The van der Waals surface area contributed by atoms with E-state index in [2.05, 4.69) is 15.2 Å². The van der Waals surface area contributed by atoms with Gasteiger partial charge in [-0.2, -0.15) is 0 Å². The molecular weight excluding hydrogens is 320 g/mol. The fraction of sp³-hybridized carbons (Fsp3) is 0.143. The van der Waals surface area contributed by atoms with E-state index in [0.717, 1.165) is 12.2 Å². The summed E-state index contributed by atoms with van der Waals surface area (Å²) in [5.41, 5.74) is 0.798. The summed E-state index contributed by atoms with van der Waals surface area (Å²) < 4.78 is 0. The Morgan fingerprint density at radius 2 is 2.14 bits per heavy atom. The van der Waals surface area contributed by atoms with E-state index in [4.69, 9.17) is 0 Å². The van der Waals surface area contributed by atoms with Crippen molar-refractivity contribution in [3.63, 3.8) is 0 Å². The van der Waals surface area contributed by atoms with Gasteiger partial charge in [0.1, 0.15) is 5.82 Å². The first-order chi connectivity index (χ1) is 10.7. The number of nitrogens with zero attached hydrogens (tertiary/aromatic N) is 3. The van der Waals surface area contributed by atoms with Crippen molar-refractivity contribution in [2.45, 2.75) is 17.3 Å². The number of para-hydroxylation sites is 1. The number of thiophene rings is 1. The quantitative estimate of drug-likeness (QED) is 0.423. The molecule has 1 N–H and O–H groups in total. The molecule has 2 heterocycles. The summed E-state index contributed by atoms with van der Waals surface area (Å²) in [6, 6.07) is 10.8. The van der Waals surface area contributed by atoms with E-state index >= 15 is 0 Å². The summed E-state index contributed by atoms with van der Waals surface area (Å²) in [5.74, 6) is 1.26. The van der Waals surface area contributed by atoms with Gasteiger partial charge in [-0.1, -0.05) is 36.0 Å². The van der Waals surface area contributed by atoms with Gasteiger partial charge in [0, 0.05) is 28.7 Å². The Hall–Kier alpha value is -2.19. The summed E-state index contributed by atoms with van der Waals surface area (Å²) in [7, 11) is 0. The molecule has 0 fully saturated rings. The molecule has 0 amide bonds. The third-order valence-corrected chi connectivity index (χ3v) is 4.75. The van der Waals surface area contributed by atoms with E-state index in [1.54, 1.807) is 29.5 Å². The molecule has 2 aromatic heterocycles. The smallest absolute Gasteiger partial charge is 0.262 e. The molecule has 0 radical (unpaired) electrons. The molecule has 0 bridgehead atoms. The van der Waals surface area contributed by atoms with Crippen molar-refractivity contribution in [3.05, 3.63) is 68.2 Å². The van der Waals surface area contributed by atoms with Crippen LogP contribution in [-0.4, -0.2) is 20.1 Å². The van der Waals surface area contributed by atoms with E-state index in [-0.39, 0.29) is 10.6 Å². The Kier molecular flexibility index (Phi) is 4.50. The van der Waals surface area contributed by atoms with Crippen LogP contribution in [0.5, 0.6) is 0 Å². The maximum Gasteiger partial charge on any atom is 0.273 e. The summed E-state index contributed by atoms with van der Waals surface area (Å²) in [4.78, 5) is 16.2. The number of nitro benzene ring substituents is 1. The van der Waals surface area contributed by atoms with E-state index in [0.29, 0.717) is 16.5 Å². The maximum absolute atomic E-state index is 11.0. The minimum Gasteiger partial charge on any atom is -0.262 e. The number of rotatable bonds is 6. The van der Waals surface area contributed by atoms with Crippen molar-refractivity contribution >= 4 is 28.8 Å². The van der Waals surface area contributed by atoms with Crippen molar-refractivity contribution in [1.29, 1.82) is 0 Å². The molecule has 0 saturated carbocycles. The summed E-state index contributed by atoms with van der Waals surface area (Å²) in [5, 5.41) is 20.7. The predicted molar refractivity (Wildman–Crippen MR) is 86.2 cm³/mol. The lowest BCUT2D eigenvalue weighted by molar-refractivity contribution is -0.385. The molecule has 8 heteroatoms. The van der Waals surface area contributed by atoms with Gasteiger partial charge in [-0.25, -0.2) is 4.98 Å².